The van der Waals surface area contributed by atoms with Gasteiger partial charge < -0.3 is 4.74 Å². The third-order valence-corrected chi connectivity index (χ3v) is 4.67. The number of hydrogen-bond donors (Lipinski definition) is 0. The van der Waals surface area contributed by atoms with Gasteiger partial charge in [-0.15, -0.1) is 11.3 Å². The van der Waals surface area contributed by atoms with Crippen LogP contribution in [0.25, 0.3) is 0 Å². The van der Waals surface area contributed by atoms with Gasteiger partial charge in [0.2, 0.25) is 0 Å². The molecule has 82 valence electrons. The van der Waals surface area contributed by atoms with Gasteiger partial charge in [-0.3, -0.25) is 0 Å². The Bertz CT molecular complexity index is 345. The van der Waals surface area contributed by atoms with E-state index in [9.17, 15) is 4.79 Å². The average Bonchev–Trinajstić information content (AvgIpc) is 2.78. The topological polar surface area (TPSA) is 39.2 Å². The van der Waals surface area contributed by atoms with Crippen LogP contribution in [0.2, 0.25) is 0 Å². The molecule has 0 radical (unpaired) electrons. The number of rotatable bonds is 2. The molecule has 15 heavy (non-hydrogen) atoms. The molecule has 2 heterocycles. The van der Waals surface area contributed by atoms with E-state index in [1.807, 2.05) is 11.8 Å². The minimum Gasteiger partial charge on any atom is -0.465 e. The van der Waals surface area contributed by atoms with Crippen LogP contribution in [-0.2, 0) is 4.74 Å². The number of thioether (sulfide) groups is 1. The van der Waals surface area contributed by atoms with Gasteiger partial charge in [-0.1, -0.05) is 0 Å². The Morgan fingerprint density at radius 3 is 2.93 bits per heavy atom. The Balaban J connectivity index is 2.08. The number of thiazole rings is 1. The molecule has 0 aromatic carbocycles. The Labute approximate surface area is 97.2 Å². The fourth-order valence-corrected chi connectivity index (χ4v) is 3.73. The molecule has 1 saturated heterocycles. The average molecular weight is 243 g/mol. The van der Waals surface area contributed by atoms with E-state index in [1.54, 1.807) is 6.20 Å². The third kappa shape index (κ3) is 2.52. The second-order valence-electron chi connectivity index (χ2n) is 3.44. The van der Waals surface area contributed by atoms with E-state index < -0.39 is 0 Å². The summed E-state index contributed by atoms with van der Waals surface area (Å²) in [7, 11) is 1.40. The lowest BCUT2D eigenvalue weighted by atomic mass is 10.0. The molecule has 0 aliphatic carbocycles. The first-order valence-corrected chi connectivity index (χ1v) is 6.90. The van der Waals surface area contributed by atoms with Crippen LogP contribution in [0.15, 0.2) is 6.20 Å². The minimum atomic E-state index is -0.274. The number of methoxy groups -OCH3 is 1. The third-order valence-electron chi connectivity index (χ3n) is 2.48. The number of hydrogen-bond acceptors (Lipinski definition) is 5. The lowest BCUT2D eigenvalue weighted by Gasteiger charge is -2.18. The molecule has 0 atom stereocenters. The maximum absolute atomic E-state index is 11.3. The Morgan fingerprint density at radius 1 is 1.53 bits per heavy atom. The molecule has 1 fully saturated rings. The summed E-state index contributed by atoms with van der Waals surface area (Å²) in [5.74, 6) is 2.69. The van der Waals surface area contributed by atoms with E-state index in [2.05, 4.69) is 9.72 Å². The number of carbonyl (C=O) groups is 1. The monoisotopic (exact) mass is 243 g/mol. The first-order chi connectivity index (χ1) is 7.31. The van der Waals surface area contributed by atoms with E-state index in [0.717, 1.165) is 5.01 Å². The maximum Gasteiger partial charge on any atom is 0.349 e. The zero-order valence-corrected chi connectivity index (χ0v) is 10.2. The number of carbonyl (C=O) groups excluding carboxylic acids is 1. The summed E-state index contributed by atoms with van der Waals surface area (Å²) in [5.41, 5.74) is 0. The van der Waals surface area contributed by atoms with Crippen LogP contribution < -0.4 is 0 Å². The molecular weight excluding hydrogens is 230 g/mol. The second kappa shape index (κ2) is 4.99. The van der Waals surface area contributed by atoms with Gasteiger partial charge in [-0.05, 0) is 24.3 Å². The van der Waals surface area contributed by atoms with Crippen molar-refractivity contribution in [3.05, 3.63) is 16.1 Å². The quantitative estimate of drug-likeness (QED) is 0.748. The molecular formula is C10H13NO2S2. The van der Waals surface area contributed by atoms with Gasteiger partial charge in [0.25, 0.3) is 0 Å². The summed E-state index contributed by atoms with van der Waals surface area (Å²) in [6.45, 7) is 0. The van der Waals surface area contributed by atoms with Gasteiger partial charge >= 0.3 is 5.97 Å². The largest absolute Gasteiger partial charge is 0.465 e. The SMILES string of the molecule is COC(=O)c1cnc(C2CCSCC2)s1. The summed E-state index contributed by atoms with van der Waals surface area (Å²) < 4.78 is 4.66. The van der Waals surface area contributed by atoms with Gasteiger partial charge in [0, 0.05) is 5.92 Å². The first-order valence-electron chi connectivity index (χ1n) is 4.93. The fraction of sp³-hybridized carbons (Fsp3) is 0.600. The predicted molar refractivity (Wildman–Crippen MR) is 62.8 cm³/mol. The predicted octanol–water partition coefficient (Wildman–Crippen LogP) is 2.54. The highest BCUT2D eigenvalue weighted by molar-refractivity contribution is 7.99. The summed E-state index contributed by atoms with van der Waals surface area (Å²) in [6.07, 6.45) is 3.99. The normalized spacial score (nSPS) is 17.7. The number of esters is 1. The number of aromatic nitrogens is 1. The van der Waals surface area contributed by atoms with Crippen molar-refractivity contribution >= 4 is 29.1 Å². The fourth-order valence-electron chi connectivity index (χ4n) is 1.62. The van der Waals surface area contributed by atoms with E-state index >= 15 is 0 Å². The minimum absolute atomic E-state index is 0.274. The van der Waals surface area contributed by atoms with Crippen molar-refractivity contribution in [2.24, 2.45) is 0 Å². The molecule has 2 rings (SSSR count). The van der Waals surface area contributed by atoms with Crippen molar-refractivity contribution in [1.29, 1.82) is 0 Å². The Kier molecular flexibility index (Phi) is 3.64. The molecule has 0 amide bonds. The van der Waals surface area contributed by atoms with Gasteiger partial charge in [-0.2, -0.15) is 11.8 Å². The molecule has 1 aromatic rings. The van der Waals surface area contributed by atoms with Crippen molar-refractivity contribution < 1.29 is 9.53 Å². The molecule has 0 spiro atoms. The summed E-state index contributed by atoms with van der Waals surface area (Å²) in [6, 6.07) is 0. The van der Waals surface area contributed by atoms with Gasteiger partial charge in [0.1, 0.15) is 4.88 Å². The van der Waals surface area contributed by atoms with Crippen LogP contribution >= 0.6 is 23.1 Å². The highest BCUT2D eigenvalue weighted by Gasteiger charge is 2.20. The van der Waals surface area contributed by atoms with Crippen molar-refractivity contribution in [3.8, 4) is 0 Å². The second-order valence-corrected chi connectivity index (χ2v) is 5.73. The van der Waals surface area contributed by atoms with Crippen molar-refractivity contribution in [2.75, 3.05) is 18.6 Å². The number of nitrogens with zero attached hydrogens (tertiary/aromatic N) is 1. The smallest absolute Gasteiger partial charge is 0.349 e. The molecule has 1 aromatic heterocycles. The molecule has 0 unspecified atom stereocenters. The number of ether oxygens (including phenoxy) is 1. The Hall–Kier alpha value is -0.550. The molecule has 5 heteroatoms. The molecule has 3 nitrogen and oxygen atoms in total. The van der Waals surface area contributed by atoms with Crippen molar-refractivity contribution in [3.63, 3.8) is 0 Å². The van der Waals surface area contributed by atoms with Gasteiger partial charge in [0.15, 0.2) is 0 Å². The molecule has 1 aliphatic heterocycles. The first kappa shape index (κ1) is 11.0. The summed E-state index contributed by atoms with van der Waals surface area (Å²) in [5, 5.41) is 1.09. The molecule has 0 bridgehead atoms. The summed E-state index contributed by atoms with van der Waals surface area (Å²) >= 11 is 3.47. The highest BCUT2D eigenvalue weighted by Crippen LogP contribution is 2.33. The van der Waals surface area contributed by atoms with Crippen LogP contribution in [0.1, 0.15) is 33.4 Å². The summed E-state index contributed by atoms with van der Waals surface area (Å²) in [4.78, 5) is 16.2. The van der Waals surface area contributed by atoms with Gasteiger partial charge in [0.05, 0.1) is 18.3 Å². The highest BCUT2D eigenvalue weighted by atomic mass is 32.2. The van der Waals surface area contributed by atoms with Crippen LogP contribution in [0, 0.1) is 0 Å². The van der Waals surface area contributed by atoms with Crippen LogP contribution in [0.3, 0.4) is 0 Å². The Morgan fingerprint density at radius 2 is 2.27 bits per heavy atom. The molecule has 0 N–H and O–H groups in total. The molecule has 1 aliphatic rings. The van der Waals surface area contributed by atoms with Crippen LogP contribution in [0.4, 0.5) is 0 Å². The standard InChI is InChI=1S/C10H13NO2S2/c1-13-10(12)8-6-11-9(15-8)7-2-4-14-5-3-7/h6-7H,2-5H2,1H3. The van der Waals surface area contributed by atoms with Gasteiger partial charge in [-0.25, -0.2) is 9.78 Å². The van der Waals surface area contributed by atoms with Crippen molar-refractivity contribution in [1.82, 2.24) is 4.98 Å². The maximum atomic E-state index is 11.3. The lowest BCUT2D eigenvalue weighted by molar-refractivity contribution is 0.0606. The lowest BCUT2D eigenvalue weighted by Crippen LogP contribution is -2.07. The van der Waals surface area contributed by atoms with E-state index in [0.29, 0.717) is 10.8 Å². The van der Waals surface area contributed by atoms with Crippen molar-refractivity contribution in [2.45, 2.75) is 18.8 Å². The van der Waals surface area contributed by atoms with E-state index in [1.165, 1.54) is 42.8 Å². The van der Waals surface area contributed by atoms with E-state index in [4.69, 9.17) is 0 Å². The van der Waals surface area contributed by atoms with Crippen LogP contribution in [-0.4, -0.2) is 29.6 Å². The zero-order chi connectivity index (χ0) is 10.7. The van der Waals surface area contributed by atoms with E-state index in [-0.39, 0.29) is 5.97 Å². The molecule has 0 saturated carbocycles. The zero-order valence-electron chi connectivity index (χ0n) is 8.56. The van der Waals surface area contributed by atoms with Crippen LogP contribution in [0.5, 0.6) is 0 Å².